The van der Waals surface area contributed by atoms with Gasteiger partial charge in [0.15, 0.2) is 0 Å². The third kappa shape index (κ3) is 2.78. The summed E-state index contributed by atoms with van der Waals surface area (Å²) in [6.07, 6.45) is 0. The number of fused-ring (bicyclic) bond motifs is 2. The molecule has 2 heterocycles. The quantitative estimate of drug-likeness (QED) is 0.544. The molecule has 0 aliphatic carbocycles. The van der Waals surface area contributed by atoms with Crippen LogP contribution in [0.15, 0.2) is 51.7 Å². The highest BCUT2D eigenvalue weighted by atomic mass is 79.9. The average Bonchev–Trinajstić information content (AvgIpc) is 3.03. The molecule has 0 saturated carbocycles. The molecule has 4 aromatic rings. The fourth-order valence-electron chi connectivity index (χ4n) is 3.52. The van der Waals surface area contributed by atoms with Crippen LogP contribution in [0, 0.1) is 6.92 Å². The largest absolute Gasteiger partial charge is 0.334 e. The van der Waals surface area contributed by atoms with Gasteiger partial charge in [-0.15, -0.1) is 0 Å². The minimum absolute atomic E-state index is 0.0900. The summed E-state index contributed by atoms with van der Waals surface area (Å²) in [5, 5.41) is 4.03. The highest BCUT2D eigenvalue weighted by Gasteiger charge is 2.15. The summed E-state index contributed by atoms with van der Waals surface area (Å²) in [4.78, 5) is 24.7. The SMILES string of the molecule is Cc1c(Br)c2ccccc2n1CC(=O)Nc1ccc2c(c1)n(C)c(=O)n2C. The number of rotatable bonds is 3. The van der Waals surface area contributed by atoms with Crippen LogP contribution in [-0.4, -0.2) is 19.6 Å². The van der Waals surface area contributed by atoms with Gasteiger partial charge in [-0.1, -0.05) is 18.2 Å². The fourth-order valence-corrected chi connectivity index (χ4v) is 4.07. The lowest BCUT2D eigenvalue weighted by Crippen LogP contribution is -2.19. The highest BCUT2D eigenvalue weighted by molar-refractivity contribution is 9.10. The number of halogens is 1. The molecule has 0 aliphatic rings. The van der Waals surface area contributed by atoms with Crippen molar-refractivity contribution in [2.24, 2.45) is 14.1 Å². The van der Waals surface area contributed by atoms with Crippen molar-refractivity contribution in [3.63, 3.8) is 0 Å². The molecule has 0 fully saturated rings. The molecule has 138 valence electrons. The lowest BCUT2D eigenvalue weighted by atomic mass is 10.2. The molecule has 2 aromatic heterocycles. The molecular weight excluding hydrogens is 408 g/mol. The Morgan fingerprint density at radius 2 is 1.74 bits per heavy atom. The van der Waals surface area contributed by atoms with Crippen LogP contribution in [0.2, 0.25) is 0 Å². The topological polar surface area (TPSA) is 61.0 Å². The van der Waals surface area contributed by atoms with E-state index >= 15 is 0 Å². The number of imidazole rings is 1. The van der Waals surface area contributed by atoms with Gasteiger partial charge in [0.1, 0.15) is 6.54 Å². The summed E-state index contributed by atoms with van der Waals surface area (Å²) < 4.78 is 6.16. The highest BCUT2D eigenvalue weighted by Crippen LogP contribution is 2.30. The molecule has 1 amide bonds. The fraction of sp³-hybridized carbons (Fsp3) is 0.200. The first-order chi connectivity index (χ1) is 12.9. The molecule has 2 aromatic carbocycles. The number of para-hydroxylation sites is 1. The zero-order valence-corrected chi connectivity index (χ0v) is 16.9. The maximum absolute atomic E-state index is 12.7. The van der Waals surface area contributed by atoms with Crippen LogP contribution in [0.25, 0.3) is 21.9 Å². The smallest absolute Gasteiger partial charge is 0.328 e. The molecule has 0 unspecified atom stereocenters. The Morgan fingerprint density at radius 3 is 2.52 bits per heavy atom. The lowest BCUT2D eigenvalue weighted by Gasteiger charge is -2.10. The molecule has 0 atom stereocenters. The Hall–Kier alpha value is -2.80. The minimum atomic E-state index is -0.119. The summed E-state index contributed by atoms with van der Waals surface area (Å²) >= 11 is 3.62. The van der Waals surface area contributed by atoms with Gasteiger partial charge in [-0.3, -0.25) is 13.9 Å². The monoisotopic (exact) mass is 426 g/mol. The van der Waals surface area contributed by atoms with E-state index in [-0.39, 0.29) is 18.1 Å². The zero-order valence-electron chi connectivity index (χ0n) is 15.3. The number of aromatic nitrogens is 3. The van der Waals surface area contributed by atoms with E-state index in [1.807, 2.05) is 54.0 Å². The normalized spacial score (nSPS) is 11.4. The van der Waals surface area contributed by atoms with E-state index in [9.17, 15) is 9.59 Å². The van der Waals surface area contributed by atoms with Crippen LogP contribution in [0.3, 0.4) is 0 Å². The first-order valence-electron chi connectivity index (χ1n) is 8.57. The van der Waals surface area contributed by atoms with E-state index in [1.54, 1.807) is 23.2 Å². The van der Waals surface area contributed by atoms with E-state index in [2.05, 4.69) is 21.2 Å². The van der Waals surface area contributed by atoms with E-state index in [0.29, 0.717) is 5.69 Å². The van der Waals surface area contributed by atoms with Crippen LogP contribution in [0.4, 0.5) is 5.69 Å². The molecule has 0 bridgehead atoms. The van der Waals surface area contributed by atoms with Crippen LogP contribution in [0.1, 0.15) is 5.69 Å². The summed E-state index contributed by atoms with van der Waals surface area (Å²) in [5.74, 6) is -0.119. The van der Waals surface area contributed by atoms with Gasteiger partial charge in [-0.2, -0.15) is 0 Å². The Bertz CT molecular complexity index is 1260. The molecule has 0 radical (unpaired) electrons. The van der Waals surface area contributed by atoms with Crippen molar-refractivity contribution in [1.82, 2.24) is 13.7 Å². The van der Waals surface area contributed by atoms with Gasteiger partial charge < -0.3 is 9.88 Å². The third-order valence-electron chi connectivity index (χ3n) is 5.01. The molecule has 0 aliphatic heterocycles. The molecule has 6 nitrogen and oxygen atoms in total. The minimum Gasteiger partial charge on any atom is -0.334 e. The second-order valence-corrected chi connectivity index (χ2v) is 7.45. The van der Waals surface area contributed by atoms with Crippen molar-refractivity contribution in [2.45, 2.75) is 13.5 Å². The molecule has 7 heteroatoms. The number of carbonyl (C=O) groups excluding carboxylic acids is 1. The number of nitrogens with one attached hydrogen (secondary N) is 1. The summed E-state index contributed by atoms with van der Waals surface area (Å²) in [5.41, 5.74) is 4.21. The number of anilines is 1. The van der Waals surface area contributed by atoms with Crippen LogP contribution in [0.5, 0.6) is 0 Å². The van der Waals surface area contributed by atoms with E-state index in [4.69, 9.17) is 0 Å². The van der Waals surface area contributed by atoms with Gasteiger partial charge in [-0.05, 0) is 47.1 Å². The zero-order chi connectivity index (χ0) is 19.3. The Morgan fingerprint density at radius 1 is 1.04 bits per heavy atom. The molecule has 4 rings (SSSR count). The van der Waals surface area contributed by atoms with E-state index < -0.39 is 0 Å². The molecular formula is C20H19BrN4O2. The number of carbonyl (C=O) groups is 1. The standard InChI is InChI=1S/C20H19BrN4O2/c1-12-19(21)14-6-4-5-7-15(14)25(12)11-18(26)22-13-8-9-16-17(10-13)24(3)20(27)23(16)2/h4-10H,11H2,1-3H3,(H,22,26). The Labute approximate surface area is 164 Å². The van der Waals surface area contributed by atoms with Crippen LogP contribution in [-0.2, 0) is 25.4 Å². The van der Waals surface area contributed by atoms with Crippen molar-refractivity contribution in [3.8, 4) is 0 Å². The Balaban J connectivity index is 1.64. The van der Waals surface area contributed by atoms with Gasteiger partial charge in [0.2, 0.25) is 5.91 Å². The van der Waals surface area contributed by atoms with Crippen molar-refractivity contribution in [3.05, 3.63) is 63.1 Å². The Kier molecular flexibility index (Phi) is 4.19. The average molecular weight is 427 g/mol. The van der Waals surface area contributed by atoms with Gasteiger partial charge in [0.05, 0.1) is 11.0 Å². The first kappa shape index (κ1) is 17.6. The molecule has 1 N–H and O–H groups in total. The van der Waals surface area contributed by atoms with Crippen molar-refractivity contribution in [1.29, 1.82) is 0 Å². The maximum atomic E-state index is 12.7. The van der Waals surface area contributed by atoms with Gasteiger partial charge in [-0.25, -0.2) is 4.79 Å². The molecule has 0 spiro atoms. The van der Waals surface area contributed by atoms with Crippen molar-refractivity contribution in [2.75, 3.05) is 5.32 Å². The second kappa shape index (κ2) is 6.42. The molecule has 27 heavy (non-hydrogen) atoms. The third-order valence-corrected chi connectivity index (χ3v) is 6.01. The van der Waals surface area contributed by atoms with Gasteiger partial charge >= 0.3 is 5.69 Å². The summed E-state index contributed by atoms with van der Waals surface area (Å²) in [6.45, 7) is 2.20. The lowest BCUT2D eigenvalue weighted by molar-refractivity contribution is -0.116. The second-order valence-electron chi connectivity index (χ2n) is 6.65. The predicted molar refractivity (Wildman–Crippen MR) is 111 cm³/mol. The first-order valence-corrected chi connectivity index (χ1v) is 9.36. The predicted octanol–water partition coefficient (Wildman–Crippen LogP) is 3.54. The van der Waals surface area contributed by atoms with E-state index in [1.165, 1.54) is 0 Å². The summed E-state index contributed by atoms with van der Waals surface area (Å²) in [6, 6.07) is 13.5. The number of hydrogen-bond donors (Lipinski definition) is 1. The maximum Gasteiger partial charge on any atom is 0.328 e. The molecule has 0 saturated heterocycles. The summed E-state index contributed by atoms with van der Waals surface area (Å²) in [7, 11) is 3.46. The van der Waals surface area contributed by atoms with Gasteiger partial charge in [0.25, 0.3) is 0 Å². The van der Waals surface area contributed by atoms with Crippen LogP contribution >= 0.6 is 15.9 Å². The van der Waals surface area contributed by atoms with Crippen LogP contribution < -0.4 is 11.0 Å². The van der Waals surface area contributed by atoms with E-state index in [0.717, 1.165) is 32.1 Å². The number of amides is 1. The number of hydrogen-bond acceptors (Lipinski definition) is 2. The van der Waals surface area contributed by atoms with Crippen molar-refractivity contribution < 1.29 is 4.79 Å². The number of aryl methyl sites for hydroxylation is 2. The van der Waals surface area contributed by atoms with Gasteiger partial charge in [0, 0.05) is 40.9 Å². The number of benzene rings is 2. The van der Waals surface area contributed by atoms with Crippen molar-refractivity contribution >= 4 is 49.5 Å². The number of nitrogens with zero attached hydrogens (tertiary/aromatic N) is 3.